The first-order chi connectivity index (χ1) is 3.40. The van der Waals surface area contributed by atoms with Crippen LogP contribution in [0.5, 0.6) is 0 Å². The summed E-state index contributed by atoms with van der Waals surface area (Å²) in [6.45, 7) is 0. The Labute approximate surface area is 41.3 Å². The molecule has 0 spiro atoms. The smallest absolute Gasteiger partial charge is 0.226 e. The van der Waals surface area contributed by atoms with Gasteiger partial charge in [0.15, 0.2) is 0 Å². The molecular weight excluding hydrogens is 131 g/mol. The summed E-state index contributed by atoms with van der Waals surface area (Å²) in [6.07, 6.45) is -2.52. The molecule has 0 amide bonds. The number of alkyl halides is 4. The molecule has 1 aliphatic carbocycles. The number of halogens is 5. The molecule has 0 aromatic carbocycles. The highest BCUT2D eigenvalue weighted by molar-refractivity contribution is 5.31. The van der Waals surface area contributed by atoms with Gasteiger partial charge in [0.2, 0.25) is 0 Å². The number of hydrogen-bond donors (Lipinski definition) is 0. The minimum atomic E-state index is -4.48. The third-order valence-electron chi connectivity index (χ3n) is 0.883. The van der Waals surface area contributed by atoms with Gasteiger partial charge in [-0.05, 0) is 0 Å². The summed E-state index contributed by atoms with van der Waals surface area (Å²) in [5, 5.41) is 0. The van der Waals surface area contributed by atoms with Crippen LogP contribution >= 0.6 is 0 Å². The van der Waals surface area contributed by atoms with Gasteiger partial charge >= 0.3 is 11.8 Å². The van der Waals surface area contributed by atoms with Crippen molar-refractivity contribution in [2.45, 2.75) is 11.8 Å². The Morgan fingerprint density at radius 2 is 1.00 bits per heavy atom. The van der Waals surface area contributed by atoms with E-state index in [1.165, 1.54) is 0 Å². The van der Waals surface area contributed by atoms with Crippen LogP contribution in [-0.4, -0.2) is 11.8 Å². The van der Waals surface area contributed by atoms with Crippen LogP contribution in [-0.2, 0) is 0 Å². The van der Waals surface area contributed by atoms with Crippen LogP contribution in [0, 0.1) is 6.17 Å². The Bertz CT molecular complexity index is 103. The Hall–Kier alpha value is -0.350. The fourth-order valence-electron chi connectivity index (χ4n) is 0.261. The molecule has 0 aromatic rings. The van der Waals surface area contributed by atoms with E-state index in [1.54, 1.807) is 0 Å². The van der Waals surface area contributed by atoms with Gasteiger partial charge in [-0.2, -0.15) is 17.6 Å². The van der Waals surface area contributed by atoms with Gasteiger partial charge in [0.25, 0.3) is 6.17 Å². The minimum absolute atomic E-state index is 2.52. The maximum atomic E-state index is 11.1. The van der Waals surface area contributed by atoms with E-state index in [9.17, 15) is 22.0 Å². The van der Waals surface area contributed by atoms with E-state index in [-0.39, 0.29) is 0 Å². The molecule has 0 atom stereocenters. The number of rotatable bonds is 0. The Morgan fingerprint density at radius 3 is 1.00 bits per heavy atom. The first kappa shape index (κ1) is 5.78. The van der Waals surface area contributed by atoms with Gasteiger partial charge in [-0.25, -0.2) is 4.39 Å². The average Bonchev–Trinajstić information content (AvgIpc) is 1.88. The lowest BCUT2D eigenvalue weighted by molar-refractivity contribution is -0.0278. The molecule has 1 radical (unpaired) electrons. The van der Waals surface area contributed by atoms with E-state index in [0.717, 1.165) is 0 Å². The highest BCUT2D eigenvalue weighted by Gasteiger charge is 2.89. The highest BCUT2D eigenvalue weighted by atomic mass is 19.3. The molecule has 0 nitrogen and oxygen atoms in total. The Kier molecular flexibility index (Phi) is 0.715. The van der Waals surface area contributed by atoms with Gasteiger partial charge in [-0.15, -0.1) is 0 Å². The Balaban J connectivity index is 2.72. The molecule has 47 valence electrons. The Morgan fingerprint density at radius 1 is 0.875 bits per heavy atom. The predicted octanol–water partition coefficient (Wildman–Crippen LogP) is 1.77. The van der Waals surface area contributed by atoms with E-state index in [2.05, 4.69) is 0 Å². The molecule has 1 aliphatic rings. The summed E-state index contributed by atoms with van der Waals surface area (Å²) in [4.78, 5) is 0. The molecule has 1 rings (SSSR count). The lowest BCUT2D eigenvalue weighted by Gasteiger charge is -1.85. The van der Waals surface area contributed by atoms with Crippen molar-refractivity contribution < 1.29 is 22.0 Å². The first-order valence-electron chi connectivity index (χ1n) is 1.69. The van der Waals surface area contributed by atoms with E-state index in [1.807, 2.05) is 0 Å². The monoisotopic (exact) mass is 131 g/mol. The molecule has 0 bridgehead atoms. The summed E-state index contributed by atoms with van der Waals surface area (Å²) in [7, 11) is 0. The van der Waals surface area contributed by atoms with Crippen molar-refractivity contribution in [3.63, 3.8) is 0 Å². The maximum absolute atomic E-state index is 11.1. The van der Waals surface area contributed by atoms with Crippen molar-refractivity contribution in [3.05, 3.63) is 6.17 Å². The van der Waals surface area contributed by atoms with Crippen LogP contribution in [0.15, 0.2) is 0 Å². The largest absolute Gasteiger partial charge is 0.357 e. The van der Waals surface area contributed by atoms with Crippen LogP contribution in [0.25, 0.3) is 0 Å². The lowest BCUT2D eigenvalue weighted by atomic mass is 10.8. The van der Waals surface area contributed by atoms with Crippen molar-refractivity contribution in [2.24, 2.45) is 0 Å². The normalized spacial score (nSPS) is 32.6. The van der Waals surface area contributed by atoms with E-state index < -0.39 is 18.0 Å². The third-order valence-corrected chi connectivity index (χ3v) is 0.883. The summed E-state index contributed by atoms with van der Waals surface area (Å²) < 4.78 is 55.6. The number of hydrogen-bond acceptors (Lipinski definition) is 0. The van der Waals surface area contributed by atoms with Gasteiger partial charge in [0.1, 0.15) is 0 Å². The van der Waals surface area contributed by atoms with Gasteiger partial charge in [0, 0.05) is 0 Å². The molecule has 0 unspecified atom stereocenters. The molecule has 8 heavy (non-hydrogen) atoms. The molecule has 1 fully saturated rings. The van der Waals surface area contributed by atoms with Crippen molar-refractivity contribution in [1.82, 2.24) is 0 Å². The van der Waals surface area contributed by atoms with E-state index >= 15 is 0 Å². The van der Waals surface area contributed by atoms with Crippen molar-refractivity contribution in [3.8, 4) is 0 Å². The summed E-state index contributed by atoms with van der Waals surface area (Å²) in [5.41, 5.74) is 0. The van der Waals surface area contributed by atoms with E-state index in [4.69, 9.17) is 0 Å². The maximum Gasteiger partial charge on any atom is 0.357 e. The third kappa shape index (κ3) is 0.351. The second kappa shape index (κ2) is 0.989. The summed E-state index contributed by atoms with van der Waals surface area (Å²) >= 11 is 0. The lowest BCUT2D eigenvalue weighted by Crippen LogP contribution is -2.02. The molecule has 0 N–H and O–H groups in total. The predicted molar refractivity (Wildman–Crippen MR) is 14.2 cm³/mol. The van der Waals surface area contributed by atoms with Crippen LogP contribution in [0.1, 0.15) is 0 Å². The molecule has 0 heterocycles. The zero-order chi connectivity index (χ0) is 6.58. The van der Waals surface area contributed by atoms with Gasteiger partial charge in [-0.1, -0.05) is 0 Å². The van der Waals surface area contributed by atoms with Gasteiger partial charge in [0.05, 0.1) is 0 Å². The molecule has 5 heteroatoms. The van der Waals surface area contributed by atoms with Crippen LogP contribution in [0.3, 0.4) is 0 Å². The van der Waals surface area contributed by atoms with Crippen molar-refractivity contribution >= 4 is 0 Å². The van der Waals surface area contributed by atoms with Gasteiger partial charge in [-0.3, -0.25) is 0 Å². The van der Waals surface area contributed by atoms with Crippen molar-refractivity contribution in [1.29, 1.82) is 0 Å². The molecule has 1 saturated carbocycles. The summed E-state index contributed by atoms with van der Waals surface area (Å²) in [6, 6.07) is 0. The van der Waals surface area contributed by atoms with Gasteiger partial charge < -0.3 is 0 Å². The second-order valence-electron chi connectivity index (χ2n) is 1.46. The molecule has 0 aliphatic heterocycles. The van der Waals surface area contributed by atoms with Crippen LogP contribution in [0.4, 0.5) is 22.0 Å². The first-order valence-corrected chi connectivity index (χ1v) is 1.69. The average molecular weight is 131 g/mol. The SMILES string of the molecule is F[C]1C(F)(F)C1(F)F. The topological polar surface area (TPSA) is 0 Å². The molecule has 0 saturated heterocycles. The fourth-order valence-corrected chi connectivity index (χ4v) is 0.261. The standard InChI is InChI=1S/C3F5/c4-1-2(5,6)3(1,7)8. The quantitative estimate of drug-likeness (QED) is 0.439. The van der Waals surface area contributed by atoms with Crippen LogP contribution < -0.4 is 0 Å². The van der Waals surface area contributed by atoms with E-state index in [0.29, 0.717) is 0 Å². The zero-order valence-corrected chi connectivity index (χ0v) is 3.39. The minimum Gasteiger partial charge on any atom is -0.226 e. The van der Waals surface area contributed by atoms with Crippen LogP contribution in [0.2, 0.25) is 0 Å². The highest BCUT2D eigenvalue weighted by Crippen LogP contribution is 2.65. The van der Waals surface area contributed by atoms with Crippen molar-refractivity contribution in [2.75, 3.05) is 0 Å². The zero-order valence-electron chi connectivity index (χ0n) is 3.39. The molecule has 0 aromatic heterocycles. The molecular formula is C3F5. The fraction of sp³-hybridized carbons (Fsp3) is 0.667. The summed E-state index contributed by atoms with van der Waals surface area (Å²) in [5.74, 6) is -8.96. The second-order valence-corrected chi connectivity index (χ2v) is 1.46.